The van der Waals surface area contributed by atoms with Crippen molar-refractivity contribution in [2.24, 2.45) is 5.92 Å². The summed E-state index contributed by atoms with van der Waals surface area (Å²) >= 11 is 0. The van der Waals surface area contributed by atoms with Gasteiger partial charge in [-0.3, -0.25) is 9.59 Å². The van der Waals surface area contributed by atoms with Gasteiger partial charge in [-0.2, -0.15) is 0 Å². The largest absolute Gasteiger partial charge is 0.465 e. The number of carbonyl (C=O) groups excluding carboxylic acids is 3. The lowest BCUT2D eigenvalue weighted by molar-refractivity contribution is -0.136. The highest BCUT2D eigenvalue weighted by Crippen LogP contribution is 2.36. The molecule has 3 atom stereocenters. The van der Waals surface area contributed by atoms with Crippen LogP contribution in [0, 0.1) is 5.92 Å². The van der Waals surface area contributed by atoms with Gasteiger partial charge in [-0.1, -0.05) is 42.0 Å². The van der Waals surface area contributed by atoms with Gasteiger partial charge >= 0.3 is 5.97 Å². The van der Waals surface area contributed by atoms with Crippen molar-refractivity contribution in [3.8, 4) is 0 Å². The Morgan fingerprint density at radius 2 is 2.00 bits per heavy atom. The highest BCUT2D eigenvalue weighted by Gasteiger charge is 2.58. The topological polar surface area (TPSA) is 102 Å². The van der Waals surface area contributed by atoms with Crippen LogP contribution in [-0.2, 0) is 23.9 Å². The van der Waals surface area contributed by atoms with Crippen molar-refractivity contribution >= 4 is 17.7 Å². The van der Waals surface area contributed by atoms with Crippen molar-refractivity contribution in [1.29, 1.82) is 0 Å². The van der Waals surface area contributed by atoms with E-state index in [1.807, 2.05) is 13.0 Å². The third kappa shape index (κ3) is 5.19. The van der Waals surface area contributed by atoms with Gasteiger partial charge in [0.1, 0.15) is 12.0 Å². The Kier molecular flexibility index (Phi) is 7.47. The summed E-state index contributed by atoms with van der Waals surface area (Å²) in [6.45, 7) is 5.53. The molecule has 2 saturated heterocycles. The number of amides is 1. The van der Waals surface area contributed by atoms with Crippen molar-refractivity contribution in [3.05, 3.63) is 59.3 Å². The molecule has 0 unspecified atom stereocenters. The summed E-state index contributed by atoms with van der Waals surface area (Å²) < 4.78 is 10.1. The quantitative estimate of drug-likeness (QED) is 0.292. The number of fused-ring (bicyclic) bond motifs is 1. The summed E-state index contributed by atoms with van der Waals surface area (Å²) in [5, 5.41) is 12.8. The Morgan fingerprint density at radius 3 is 2.66 bits per heavy atom. The maximum absolute atomic E-state index is 12.6. The number of methoxy groups -OCH3 is 1. The molecule has 2 aliphatic heterocycles. The van der Waals surface area contributed by atoms with Gasteiger partial charge in [0.25, 0.3) is 0 Å². The zero-order valence-electron chi connectivity index (χ0n) is 17.1. The first-order chi connectivity index (χ1) is 13.7. The van der Waals surface area contributed by atoms with Crippen LogP contribution in [0.1, 0.15) is 27.2 Å². The first-order valence-electron chi connectivity index (χ1n) is 9.38. The average Bonchev–Trinajstić information content (AvgIpc) is 3.16. The number of rotatable bonds is 7. The maximum Gasteiger partial charge on any atom is 0.337 e. The molecule has 2 fully saturated rings. The summed E-state index contributed by atoms with van der Waals surface area (Å²) in [6.07, 6.45) is 11.4. The minimum Gasteiger partial charge on any atom is -0.465 e. The SMILES string of the molecule is C\C=C(/C=C(C)/C=C/C=C/C=C(\C)C(=O)[C@H]1C(=O)N[C@]2(O)CCO[C@H]12)C(=O)OC. The highest BCUT2D eigenvalue weighted by atomic mass is 16.5. The Bertz CT molecular complexity index is 832. The Labute approximate surface area is 170 Å². The van der Waals surface area contributed by atoms with Crippen molar-refractivity contribution in [2.75, 3.05) is 13.7 Å². The van der Waals surface area contributed by atoms with Gasteiger partial charge in [-0.25, -0.2) is 4.79 Å². The second-order valence-electron chi connectivity index (χ2n) is 7.01. The predicted molar refractivity (Wildman–Crippen MR) is 108 cm³/mol. The van der Waals surface area contributed by atoms with Crippen LogP contribution in [-0.4, -0.2) is 48.3 Å². The van der Waals surface area contributed by atoms with Gasteiger partial charge in [0.05, 0.1) is 19.3 Å². The van der Waals surface area contributed by atoms with Crippen LogP contribution in [0.15, 0.2) is 59.3 Å². The van der Waals surface area contributed by atoms with Gasteiger partial charge in [-0.05, 0) is 32.4 Å². The molecule has 29 heavy (non-hydrogen) atoms. The number of aliphatic hydroxyl groups is 1. The minimum atomic E-state index is -1.45. The number of nitrogens with one attached hydrogen (secondary N) is 1. The van der Waals surface area contributed by atoms with Crippen molar-refractivity contribution in [2.45, 2.75) is 39.0 Å². The molecule has 2 heterocycles. The monoisotopic (exact) mass is 401 g/mol. The molecule has 2 rings (SSSR count). The maximum atomic E-state index is 12.6. The Hall–Kier alpha value is -2.77. The molecule has 0 spiro atoms. The summed E-state index contributed by atoms with van der Waals surface area (Å²) in [5.41, 5.74) is 0.258. The number of carbonyl (C=O) groups is 3. The first kappa shape index (κ1) is 22.5. The van der Waals surface area contributed by atoms with E-state index in [0.717, 1.165) is 5.57 Å². The second-order valence-corrected chi connectivity index (χ2v) is 7.01. The average molecular weight is 401 g/mol. The molecule has 7 nitrogen and oxygen atoms in total. The van der Waals surface area contributed by atoms with Gasteiger partial charge in [0, 0.05) is 6.42 Å². The fourth-order valence-electron chi connectivity index (χ4n) is 3.28. The van der Waals surface area contributed by atoms with Crippen molar-refractivity contribution < 1.29 is 29.0 Å². The van der Waals surface area contributed by atoms with Crippen LogP contribution in [0.2, 0.25) is 0 Å². The van der Waals surface area contributed by atoms with E-state index in [9.17, 15) is 19.5 Å². The normalized spacial score (nSPS) is 28.2. The van der Waals surface area contributed by atoms with E-state index >= 15 is 0 Å². The summed E-state index contributed by atoms with van der Waals surface area (Å²) in [4.78, 5) is 36.3. The van der Waals surface area contributed by atoms with Crippen molar-refractivity contribution in [3.63, 3.8) is 0 Å². The minimum absolute atomic E-state index is 0.276. The van der Waals surface area contributed by atoms with Crippen LogP contribution in [0.25, 0.3) is 0 Å². The Balaban J connectivity index is 1.99. The molecule has 0 aromatic heterocycles. The van der Waals surface area contributed by atoms with E-state index < -0.39 is 29.6 Å². The van der Waals surface area contributed by atoms with Crippen LogP contribution in [0.3, 0.4) is 0 Å². The molecule has 7 heteroatoms. The fraction of sp³-hybridized carbons (Fsp3) is 0.409. The smallest absolute Gasteiger partial charge is 0.337 e. The first-order valence-corrected chi connectivity index (χ1v) is 9.38. The second kappa shape index (κ2) is 9.62. The zero-order chi connectivity index (χ0) is 21.6. The molecule has 0 saturated carbocycles. The highest BCUT2D eigenvalue weighted by molar-refractivity contribution is 6.11. The number of allylic oxidation sites excluding steroid dienone is 8. The standard InChI is InChI=1S/C22H27NO6/c1-5-16(21(26)28-4)13-14(2)9-7-6-8-10-15(3)18(24)17-19-22(27,11-12-29-19)23-20(17)25/h5-10,13,17,19,27H,11-12H2,1-4H3,(H,23,25)/b8-6+,9-7+,14-13+,15-10+,16-5+/t17-,19-,22+/m1/s1. The summed E-state index contributed by atoms with van der Waals surface area (Å²) in [7, 11) is 1.33. The lowest BCUT2D eigenvalue weighted by atomic mass is 9.91. The van der Waals surface area contributed by atoms with Crippen LogP contribution >= 0.6 is 0 Å². The van der Waals surface area contributed by atoms with Gasteiger partial charge < -0.3 is 19.9 Å². The molecular weight excluding hydrogens is 374 g/mol. The van der Waals surface area contributed by atoms with E-state index in [1.165, 1.54) is 7.11 Å². The third-order valence-electron chi connectivity index (χ3n) is 4.89. The van der Waals surface area contributed by atoms with Crippen molar-refractivity contribution in [1.82, 2.24) is 5.32 Å². The molecule has 1 amide bonds. The number of ketones is 1. The molecule has 156 valence electrons. The Morgan fingerprint density at radius 1 is 1.28 bits per heavy atom. The number of esters is 1. The van der Waals surface area contributed by atoms with Gasteiger partial charge in [0.15, 0.2) is 11.5 Å². The van der Waals surface area contributed by atoms with E-state index in [2.05, 4.69) is 5.32 Å². The molecule has 0 bridgehead atoms. The number of hydrogen-bond donors (Lipinski definition) is 2. The number of hydrogen-bond acceptors (Lipinski definition) is 6. The van der Waals surface area contributed by atoms with E-state index in [0.29, 0.717) is 17.8 Å². The fourth-order valence-corrected chi connectivity index (χ4v) is 3.28. The summed E-state index contributed by atoms with van der Waals surface area (Å²) in [5.74, 6) is -2.32. The van der Waals surface area contributed by atoms with E-state index in [4.69, 9.17) is 9.47 Å². The zero-order valence-corrected chi connectivity index (χ0v) is 17.1. The molecule has 0 aromatic rings. The van der Waals surface area contributed by atoms with E-state index in [1.54, 1.807) is 50.3 Å². The predicted octanol–water partition coefficient (Wildman–Crippen LogP) is 1.90. The third-order valence-corrected chi connectivity index (χ3v) is 4.89. The number of Topliss-reactive ketones (excluding diaryl/α,β-unsaturated/α-hetero) is 1. The van der Waals surface area contributed by atoms with Gasteiger partial charge in [-0.15, -0.1) is 0 Å². The van der Waals surface area contributed by atoms with E-state index in [-0.39, 0.29) is 12.2 Å². The lowest BCUT2D eigenvalue weighted by Crippen LogP contribution is -2.45. The molecule has 2 aliphatic rings. The van der Waals surface area contributed by atoms with Gasteiger partial charge in [0.2, 0.25) is 5.91 Å². The van der Waals surface area contributed by atoms with Crippen LogP contribution in [0.5, 0.6) is 0 Å². The molecule has 0 aliphatic carbocycles. The van der Waals surface area contributed by atoms with Crippen LogP contribution in [0.4, 0.5) is 0 Å². The lowest BCUT2D eigenvalue weighted by Gasteiger charge is -2.21. The molecule has 0 aromatic carbocycles. The molecule has 0 radical (unpaired) electrons. The van der Waals surface area contributed by atoms with Crippen LogP contribution < -0.4 is 5.32 Å². The molecule has 2 N–H and O–H groups in total. The molecular formula is C22H27NO6. The summed E-state index contributed by atoms with van der Waals surface area (Å²) in [6, 6.07) is 0. The number of ether oxygens (including phenoxy) is 2.